The molecule has 2 saturated heterocycles. The van der Waals surface area contributed by atoms with E-state index in [0.29, 0.717) is 24.3 Å². The standard InChI is InChI=1S/C12H20N4O2/c1-2-13-6-11-14-12(15-18-11)10-7-16-5-3-4-9(16)8-17-10/h9-10,13H,2-8H2,1H3. The Balaban J connectivity index is 1.62. The lowest BCUT2D eigenvalue weighted by molar-refractivity contribution is -0.0548. The summed E-state index contributed by atoms with van der Waals surface area (Å²) in [5.41, 5.74) is 0. The van der Waals surface area contributed by atoms with Crippen molar-refractivity contribution in [2.45, 2.75) is 38.5 Å². The highest BCUT2D eigenvalue weighted by atomic mass is 16.5. The largest absolute Gasteiger partial charge is 0.367 e. The second-order valence-electron chi connectivity index (χ2n) is 4.94. The van der Waals surface area contributed by atoms with E-state index >= 15 is 0 Å². The van der Waals surface area contributed by atoms with Crippen molar-refractivity contribution in [3.05, 3.63) is 11.7 Å². The van der Waals surface area contributed by atoms with Gasteiger partial charge in [-0.2, -0.15) is 4.98 Å². The number of hydrogen-bond donors (Lipinski definition) is 1. The molecule has 2 unspecified atom stereocenters. The predicted molar refractivity (Wildman–Crippen MR) is 65.0 cm³/mol. The minimum atomic E-state index is -0.0292. The van der Waals surface area contributed by atoms with Gasteiger partial charge in [-0.3, -0.25) is 4.90 Å². The highest BCUT2D eigenvalue weighted by Crippen LogP contribution is 2.28. The van der Waals surface area contributed by atoms with E-state index in [0.717, 1.165) is 19.7 Å². The summed E-state index contributed by atoms with van der Waals surface area (Å²) in [5.74, 6) is 1.33. The first-order chi connectivity index (χ1) is 8.86. The Morgan fingerprint density at radius 2 is 2.44 bits per heavy atom. The molecule has 100 valence electrons. The summed E-state index contributed by atoms with van der Waals surface area (Å²) < 4.78 is 11.1. The molecule has 2 fully saturated rings. The van der Waals surface area contributed by atoms with Gasteiger partial charge in [0.1, 0.15) is 6.10 Å². The Morgan fingerprint density at radius 3 is 3.33 bits per heavy atom. The van der Waals surface area contributed by atoms with E-state index in [1.807, 2.05) is 0 Å². The summed E-state index contributed by atoms with van der Waals surface area (Å²) in [6.07, 6.45) is 2.50. The summed E-state index contributed by atoms with van der Waals surface area (Å²) in [6.45, 7) is 6.43. The van der Waals surface area contributed by atoms with Crippen LogP contribution in [0.5, 0.6) is 0 Å². The van der Waals surface area contributed by atoms with Crippen LogP contribution in [0.4, 0.5) is 0 Å². The number of hydrogen-bond acceptors (Lipinski definition) is 6. The summed E-state index contributed by atoms with van der Waals surface area (Å²) >= 11 is 0. The van der Waals surface area contributed by atoms with E-state index < -0.39 is 0 Å². The molecule has 2 atom stereocenters. The summed E-state index contributed by atoms with van der Waals surface area (Å²) in [5, 5.41) is 7.20. The van der Waals surface area contributed by atoms with Gasteiger partial charge >= 0.3 is 0 Å². The average molecular weight is 252 g/mol. The van der Waals surface area contributed by atoms with Crippen LogP contribution in [0.1, 0.15) is 37.6 Å². The van der Waals surface area contributed by atoms with Crippen molar-refractivity contribution in [1.29, 1.82) is 0 Å². The molecule has 1 N–H and O–H groups in total. The molecule has 2 aliphatic heterocycles. The number of rotatable bonds is 4. The molecule has 1 aromatic rings. The molecule has 3 rings (SSSR count). The number of nitrogens with one attached hydrogen (secondary N) is 1. The molecule has 18 heavy (non-hydrogen) atoms. The van der Waals surface area contributed by atoms with Crippen LogP contribution >= 0.6 is 0 Å². The summed E-state index contributed by atoms with van der Waals surface area (Å²) in [7, 11) is 0. The van der Waals surface area contributed by atoms with Crippen molar-refractivity contribution in [1.82, 2.24) is 20.4 Å². The van der Waals surface area contributed by atoms with Crippen LogP contribution in [0.25, 0.3) is 0 Å². The Labute approximate surface area is 107 Å². The monoisotopic (exact) mass is 252 g/mol. The van der Waals surface area contributed by atoms with Gasteiger partial charge in [0.15, 0.2) is 0 Å². The van der Waals surface area contributed by atoms with Gasteiger partial charge in [0.05, 0.1) is 13.2 Å². The fourth-order valence-electron chi connectivity index (χ4n) is 2.68. The zero-order chi connectivity index (χ0) is 12.4. The molecule has 0 saturated carbocycles. The third kappa shape index (κ3) is 2.41. The Bertz CT molecular complexity index is 395. The molecule has 0 radical (unpaired) electrons. The van der Waals surface area contributed by atoms with Crippen LogP contribution in [0.3, 0.4) is 0 Å². The maximum absolute atomic E-state index is 5.85. The first-order valence-electron chi connectivity index (χ1n) is 6.75. The third-order valence-electron chi connectivity index (χ3n) is 3.69. The van der Waals surface area contributed by atoms with Crippen molar-refractivity contribution in [2.24, 2.45) is 0 Å². The van der Waals surface area contributed by atoms with Gasteiger partial charge in [0.2, 0.25) is 11.7 Å². The Kier molecular flexibility index (Phi) is 3.58. The molecule has 2 aliphatic rings. The highest BCUT2D eigenvalue weighted by Gasteiger charge is 2.34. The predicted octanol–water partition coefficient (Wildman–Crippen LogP) is 0.715. The van der Waals surface area contributed by atoms with Crippen molar-refractivity contribution in [3.8, 4) is 0 Å². The van der Waals surface area contributed by atoms with Gasteiger partial charge in [-0.15, -0.1) is 0 Å². The molecular weight excluding hydrogens is 232 g/mol. The number of aromatic nitrogens is 2. The quantitative estimate of drug-likeness (QED) is 0.851. The second-order valence-corrected chi connectivity index (χ2v) is 4.94. The fourth-order valence-corrected chi connectivity index (χ4v) is 2.68. The first kappa shape index (κ1) is 12.1. The Hall–Kier alpha value is -0.980. The minimum Gasteiger partial charge on any atom is -0.367 e. The van der Waals surface area contributed by atoms with Gasteiger partial charge in [0, 0.05) is 12.6 Å². The summed E-state index contributed by atoms with van der Waals surface area (Å²) in [6, 6.07) is 0.606. The molecule has 0 aliphatic carbocycles. The molecule has 0 amide bonds. The van der Waals surface area contributed by atoms with E-state index in [2.05, 4.69) is 27.3 Å². The third-order valence-corrected chi connectivity index (χ3v) is 3.69. The normalized spacial score (nSPS) is 28.5. The van der Waals surface area contributed by atoms with Crippen molar-refractivity contribution in [2.75, 3.05) is 26.2 Å². The SMILES string of the molecule is CCNCc1nc(C2CN3CCCC3CO2)no1. The van der Waals surface area contributed by atoms with Crippen LogP contribution in [-0.2, 0) is 11.3 Å². The smallest absolute Gasteiger partial charge is 0.240 e. The lowest BCUT2D eigenvalue weighted by Gasteiger charge is -2.33. The lowest BCUT2D eigenvalue weighted by Crippen LogP contribution is -2.42. The number of morpholine rings is 1. The second kappa shape index (κ2) is 5.34. The molecule has 3 heterocycles. The van der Waals surface area contributed by atoms with Crippen molar-refractivity contribution >= 4 is 0 Å². The van der Waals surface area contributed by atoms with Crippen molar-refractivity contribution < 1.29 is 9.26 Å². The van der Waals surface area contributed by atoms with Crippen LogP contribution < -0.4 is 5.32 Å². The van der Waals surface area contributed by atoms with Crippen LogP contribution in [0.15, 0.2) is 4.52 Å². The molecule has 6 nitrogen and oxygen atoms in total. The zero-order valence-corrected chi connectivity index (χ0v) is 10.8. The number of nitrogens with zero attached hydrogens (tertiary/aromatic N) is 3. The molecule has 0 spiro atoms. The molecule has 6 heteroatoms. The summed E-state index contributed by atoms with van der Waals surface area (Å²) in [4.78, 5) is 6.87. The number of ether oxygens (including phenoxy) is 1. The van der Waals surface area contributed by atoms with Gasteiger partial charge in [-0.1, -0.05) is 12.1 Å². The first-order valence-corrected chi connectivity index (χ1v) is 6.75. The fraction of sp³-hybridized carbons (Fsp3) is 0.833. The zero-order valence-electron chi connectivity index (χ0n) is 10.8. The maximum Gasteiger partial charge on any atom is 0.240 e. The van der Waals surface area contributed by atoms with Crippen molar-refractivity contribution in [3.63, 3.8) is 0 Å². The topological polar surface area (TPSA) is 63.4 Å². The van der Waals surface area contributed by atoms with Crippen LogP contribution in [0, 0.1) is 0 Å². The number of fused-ring (bicyclic) bond motifs is 1. The Morgan fingerprint density at radius 1 is 1.50 bits per heavy atom. The van der Waals surface area contributed by atoms with E-state index in [4.69, 9.17) is 9.26 Å². The van der Waals surface area contributed by atoms with Gasteiger partial charge in [0.25, 0.3) is 0 Å². The van der Waals surface area contributed by atoms with Crippen LogP contribution in [-0.4, -0.2) is 47.3 Å². The van der Waals surface area contributed by atoms with E-state index in [-0.39, 0.29) is 6.10 Å². The van der Waals surface area contributed by atoms with Gasteiger partial charge in [-0.05, 0) is 25.9 Å². The highest BCUT2D eigenvalue weighted by molar-refractivity contribution is 4.96. The average Bonchev–Trinajstić information content (AvgIpc) is 3.04. The minimum absolute atomic E-state index is 0.0292. The van der Waals surface area contributed by atoms with Crippen LogP contribution in [0.2, 0.25) is 0 Å². The lowest BCUT2D eigenvalue weighted by atomic mass is 10.2. The molecular formula is C12H20N4O2. The molecule has 0 aromatic carbocycles. The molecule has 0 bridgehead atoms. The van der Waals surface area contributed by atoms with Gasteiger partial charge < -0.3 is 14.6 Å². The van der Waals surface area contributed by atoms with E-state index in [9.17, 15) is 0 Å². The van der Waals surface area contributed by atoms with Gasteiger partial charge in [-0.25, -0.2) is 0 Å². The van der Waals surface area contributed by atoms with E-state index in [1.165, 1.54) is 19.4 Å². The maximum atomic E-state index is 5.85. The molecule has 1 aromatic heterocycles. The van der Waals surface area contributed by atoms with E-state index in [1.54, 1.807) is 0 Å².